The van der Waals surface area contributed by atoms with Gasteiger partial charge < -0.3 is 40.5 Å². The quantitative estimate of drug-likeness (QED) is 0.276. The summed E-state index contributed by atoms with van der Waals surface area (Å²) < 4.78 is 10.3. The maximum atomic E-state index is 13.4. The highest BCUT2D eigenvalue weighted by atomic mass is 16.7. The predicted molar refractivity (Wildman–Crippen MR) is 98.4 cm³/mol. The number of ketones is 2. The molecular formula is C20H20N2O8. The van der Waals surface area contributed by atoms with Crippen molar-refractivity contribution in [3.63, 3.8) is 0 Å². The van der Waals surface area contributed by atoms with Crippen LogP contribution in [0, 0.1) is 0 Å². The highest BCUT2D eigenvalue weighted by molar-refractivity contribution is 6.31. The third kappa shape index (κ3) is 2.49. The van der Waals surface area contributed by atoms with E-state index < -0.39 is 41.5 Å². The van der Waals surface area contributed by atoms with Crippen LogP contribution in [0.2, 0.25) is 0 Å². The second kappa shape index (κ2) is 6.89. The Hall–Kier alpha value is -2.76. The third-order valence-electron chi connectivity index (χ3n) is 5.92. The standard InChI is InChI=1S/C20H20N2O8/c1-20(28)18(26)13-11(17(25)19(20)27)10-12(14(13)22-21)16(24)9-7(15(10)23)4-3-5-8(9)30-6-29-2/h3-5,14,17-19,22,25-28H,6H2,1-2H3/t14?,17-,18+,19+,20+/m0/s1. The number of hydrogen-bond acceptors (Lipinski definition) is 8. The van der Waals surface area contributed by atoms with Gasteiger partial charge in [0, 0.05) is 29.4 Å². The largest absolute Gasteiger partial charge is 0.508 e. The number of aliphatic hydroxyl groups is 4. The first kappa shape index (κ1) is 20.5. The van der Waals surface area contributed by atoms with E-state index in [1.54, 1.807) is 0 Å². The Morgan fingerprint density at radius 3 is 2.50 bits per heavy atom. The highest BCUT2D eigenvalue weighted by Crippen LogP contribution is 2.48. The number of benzene rings is 1. The van der Waals surface area contributed by atoms with Gasteiger partial charge in [-0.15, -0.1) is 0 Å². The molecule has 0 aromatic heterocycles. The molecule has 0 amide bonds. The zero-order valence-corrected chi connectivity index (χ0v) is 16.1. The molecule has 3 aliphatic rings. The first-order valence-corrected chi connectivity index (χ1v) is 9.17. The number of Topliss-reactive ketones (excluding diaryl/α,β-unsaturated/α-hetero) is 2. The Morgan fingerprint density at radius 1 is 1.17 bits per heavy atom. The molecule has 0 bridgehead atoms. The lowest BCUT2D eigenvalue weighted by atomic mass is 9.73. The van der Waals surface area contributed by atoms with E-state index in [0.717, 1.165) is 6.92 Å². The Labute approximate surface area is 170 Å². The van der Waals surface area contributed by atoms with Crippen molar-refractivity contribution in [3.05, 3.63) is 57.1 Å². The smallest absolute Gasteiger partial charge is 0.201 e. The van der Waals surface area contributed by atoms with Crippen molar-refractivity contribution in [1.82, 2.24) is 0 Å². The van der Waals surface area contributed by atoms with Crippen LogP contribution in [0.1, 0.15) is 27.6 Å². The summed E-state index contributed by atoms with van der Waals surface area (Å²) >= 11 is 0. The van der Waals surface area contributed by atoms with Gasteiger partial charge in [0.2, 0.25) is 5.78 Å². The van der Waals surface area contributed by atoms with Crippen molar-refractivity contribution in [2.75, 3.05) is 13.9 Å². The Bertz CT molecular complexity index is 1040. The number of rotatable bonds is 4. The molecule has 0 heterocycles. The first-order chi connectivity index (χ1) is 14.2. The van der Waals surface area contributed by atoms with Gasteiger partial charge in [-0.2, -0.15) is 0 Å². The fourth-order valence-corrected chi connectivity index (χ4v) is 4.41. The van der Waals surface area contributed by atoms with Gasteiger partial charge in [0.05, 0.1) is 11.1 Å². The molecule has 4 rings (SSSR count). The summed E-state index contributed by atoms with van der Waals surface area (Å²) in [4.78, 5) is 26.7. The van der Waals surface area contributed by atoms with Crippen molar-refractivity contribution in [1.29, 1.82) is 0 Å². The number of ether oxygens (including phenoxy) is 2. The van der Waals surface area contributed by atoms with Gasteiger partial charge in [0.15, 0.2) is 18.6 Å². The molecule has 0 fully saturated rings. The highest BCUT2D eigenvalue weighted by Gasteiger charge is 2.59. The van der Waals surface area contributed by atoms with E-state index in [1.807, 2.05) is 5.11 Å². The van der Waals surface area contributed by atoms with Gasteiger partial charge in [-0.25, -0.2) is 0 Å². The Kier molecular flexibility index (Phi) is 4.71. The van der Waals surface area contributed by atoms with Crippen LogP contribution in [0.25, 0.3) is 5.53 Å². The minimum Gasteiger partial charge on any atom is -0.508 e. The molecule has 158 valence electrons. The number of methoxy groups -OCH3 is 1. The average molecular weight is 416 g/mol. The monoisotopic (exact) mass is 416 g/mol. The van der Waals surface area contributed by atoms with Crippen LogP contribution < -0.4 is 9.85 Å². The molecule has 1 unspecified atom stereocenters. The molecular weight excluding hydrogens is 396 g/mol. The minimum absolute atomic E-state index is 0.00584. The van der Waals surface area contributed by atoms with Crippen LogP contribution in [-0.2, 0) is 4.74 Å². The molecule has 0 spiro atoms. The summed E-state index contributed by atoms with van der Waals surface area (Å²) in [5, 5.41) is 44.1. The average Bonchev–Trinajstić information content (AvgIpc) is 3.08. The molecule has 1 aromatic carbocycles. The zero-order valence-electron chi connectivity index (χ0n) is 16.1. The van der Waals surface area contributed by atoms with Crippen molar-refractivity contribution in [3.8, 4) is 5.75 Å². The normalized spacial score (nSPS) is 32.7. The number of hydrogen-bond donors (Lipinski definition) is 5. The van der Waals surface area contributed by atoms with Gasteiger partial charge >= 0.3 is 0 Å². The van der Waals surface area contributed by atoms with E-state index in [9.17, 15) is 35.5 Å². The Morgan fingerprint density at radius 2 is 1.87 bits per heavy atom. The summed E-state index contributed by atoms with van der Waals surface area (Å²) in [5.74, 6) is -1.22. The lowest BCUT2D eigenvalue weighted by Crippen LogP contribution is -2.75. The fourth-order valence-electron chi connectivity index (χ4n) is 4.41. The molecule has 0 saturated carbocycles. The van der Waals surface area contributed by atoms with Gasteiger partial charge in [0.25, 0.3) is 0 Å². The zero-order chi connectivity index (χ0) is 22.0. The van der Waals surface area contributed by atoms with E-state index in [0.29, 0.717) is 0 Å². The fraction of sp³-hybridized carbons (Fsp3) is 0.400. The molecule has 5 N–H and O–H groups in total. The van der Waals surface area contributed by atoms with Gasteiger partial charge in [-0.05, 0) is 13.0 Å². The maximum absolute atomic E-state index is 13.4. The number of aliphatic hydroxyl groups excluding tert-OH is 3. The van der Waals surface area contributed by atoms with E-state index >= 15 is 0 Å². The number of nitrogens with zero attached hydrogens (tertiary/aromatic N) is 1. The van der Waals surface area contributed by atoms with Crippen LogP contribution in [0.5, 0.6) is 5.75 Å². The molecule has 10 nitrogen and oxygen atoms in total. The number of nitrogens with one attached hydrogen (secondary N) is 1. The maximum Gasteiger partial charge on any atom is 0.201 e. The molecule has 10 heteroatoms. The van der Waals surface area contributed by atoms with Crippen molar-refractivity contribution in [2.45, 2.75) is 36.9 Å². The van der Waals surface area contributed by atoms with Crippen molar-refractivity contribution >= 4 is 11.6 Å². The van der Waals surface area contributed by atoms with Crippen LogP contribution in [-0.4, -0.2) is 75.9 Å². The number of carbonyl (C=O) groups is 2. The third-order valence-corrected chi connectivity index (χ3v) is 5.92. The summed E-state index contributed by atoms with van der Waals surface area (Å²) in [6, 6.07) is 3.03. The summed E-state index contributed by atoms with van der Waals surface area (Å²) in [5.41, 5.74) is 6.78. The van der Waals surface area contributed by atoms with Crippen LogP contribution in [0.15, 0.2) is 40.5 Å². The van der Waals surface area contributed by atoms with E-state index in [1.165, 1.54) is 25.3 Å². The second-order valence-corrected chi connectivity index (χ2v) is 7.63. The van der Waals surface area contributed by atoms with Crippen LogP contribution in [0.4, 0.5) is 0 Å². The summed E-state index contributed by atoms with van der Waals surface area (Å²) in [6.45, 7) is 0.933. The van der Waals surface area contributed by atoms with E-state index in [-0.39, 0.29) is 46.0 Å². The first-order valence-electron chi connectivity index (χ1n) is 9.17. The van der Waals surface area contributed by atoms with Gasteiger partial charge in [0.1, 0.15) is 29.7 Å². The van der Waals surface area contributed by atoms with Crippen LogP contribution >= 0.6 is 0 Å². The predicted octanol–water partition coefficient (Wildman–Crippen LogP) is -2.03. The van der Waals surface area contributed by atoms with E-state index in [2.05, 4.69) is 0 Å². The second-order valence-electron chi connectivity index (χ2n) is 7.63. The van der Waals surface area contributed by atoms with E-state index in [4.69, 9.17) is 9.47 Å². The lowest BCUT2D eigenvalue weighted by molar-refractivity contribution is -0.504. The minimum atomic E-state index is -2.19. The lowest BCUT2D eigenvalue weighted by Gasteiger charge is -2.42. The van der Waals surface area contributed by atoms with Gasteiger partial charge in [-0.1, -0.05) is 12.1 Å². The van der Waals surface area contributed by atoms with Crippen molar-refractivity contribution in [2.24, 2.45) is 0 Å². The topological polar surface area (TPSA) is 170 Å². The SMILES string of the molecule is COCOc1cccc2c1C(=O)C1=C(C2=O)C2=C(C1[NH+]=[N-])[C@@H](O)[C@@](C)(O)[C@H](O)[C@H]2O. The molecule has 3 aliphatic carbocycles. The molecule has 0 radical (unpaired) electrons. The number of carbonyl (C=O) groups excluding carboxylic acids is 2. The van der Waals surface area contributed by atoms with Gasteiger partial charge in [-0.3, -0.25) is 9.59 Å². The molecule has 30 heavy (non-hydrogen) atoms. The summed E-state index contributed by atoms with van der Waals surface area (Å²) in [6.07, 6.45) is -5.37. The molecule has 0 aliphatic heterocycles. The molecule has 5 atom stereocenters. The Balaban J connectivity index is 1.94. The summed E-state index contributed by atoms with van der Waals surface area (Å²) in [7, 11) is 1.39. The number of fused-ring (bicyclic) bond motifs is 2. The molecule has 0 saturated heterocycles. The van der Waals surface area contributed by atoms with Crippen LogP contribution in [0.3, 0.4) is 0 Å². The van der Waals surface area contributed by atoms with Crippen molar-refractivity contribution < 1.29 is 44.6 Å². The molecule has 1 aromatic rings.